The lowest BCUT2D eigenvalue weighted by Gasteiger charge is -2.37. The molecule has 0 unspecified atom stereocenters. The van der Waals surface area contributed by atoms with Crippen LogP contribution in [0.25, 0.3) is 11.3 Å². The Morgan fingerprint density at radius 1 is 0.729 bits per heavy atom. The van der Waals surface area contributed by atoms with E-state index in [4.69, 9.17) is 0 Å². The van der Waals surface area contributed by atoms with Crippen LogP contribution in [0.3, 0.4) is 0 Å². The molecule has 2 heterocycles. The van der Waals surface area contributed by atoms with Gasteiger partial charge in [0.25, 0.3) is 0 Å². The molecule has 3 amide bonds. The van der Waals surface area contributed by atoms with Crippen molar-refractivity contribution in [2.24, 2.45) is 10.8 Å². The third kappa shape index (κ3) is 11.8. The second-order valence-corrected chi connectivity index (χ2v) is 17.5. The van der Waals surface area contributed by atoms with E-state index >= 15 is 0 Å². The predicted octanol–water partition coefficient (Wildman–Crippen LogP) is 6.58. The van der Waals surface area contributed by atoms with E-state index in [1.165, 1.54) is 11.6 Å². The number of aliphatic hydroxyl groups excluding tert-OH is 1. The van der Waals surface area contributed by atoms with Gasteiger partial charge in [-0.1, -0.05) is 133 Å². The average molecular weight is 803 g/mol. The molecule has 5 aromatic rings. The van der Waals surface area contributed by atoms with Crippen LogP contribution < -0.4 is 16.3 Å². The molecule has 0 bridgehead atoms. The number of imidazole rings is 1. The Balaban J connectivity index is 1.46. The number of amides is 3. The molecule has 2 aromatic heterocycles. The third-order valence-corrected chi connectivity index (χ3v) is 10.5. The number of nitrogens with one attached hydrogen (secondary N) is 2. The van der Waals surface area contributed by atoms with Gasteiger partial charge in [-0.15, -0.1) is 0 Å². The Morgan fingerprint density at radius 2 is 1.32 bits per heavy atom. The number of nitrogens with zero attached hydrogens (tertiary/aromatic N) is 4. The van der Waals surface area contributed by atoms with Crippen molar-refractivity contribution < 1.29 is 24.6 Å². The number of likely N-dealkylation sites (N-methyl/N-ethyl adjacent to an activating group) is 1. The van der Waals surface area contributed by atoms with E-state index in [-0.39, 0.29) is 18.5 Å². The smallest absolute Gasteiger partial charge is 0.407 e. The first kappa shape index (κ1) is 44.1. The highest BCUT2D eigenvalue weighted by atomic mass is 16.4. The summed E-state index contributed by atoms with van der Waals surface area (Å²) in [5, 5.41) is 28.3. The predicted molar refractivity (Wildman–Crippen MR) is 230 cm³/mol. The summed E-state index contributed by atoms with van der Waals surface area (Å²) in [5.74, 6) is -0.931. The number of benzene rings is 3. The molecule has 0 aliphatic heterocycles. The van der Waals surface area contributed by atoms with Crippen molar-refractivity contribution >= 4 is 17.9 Å². The summed E-state index contributed by atoms with van der Waals surface area (Å²) in [4.78, 5) is 60.0. The standard InChI is InChI=1S/C47H58N6O6/c1-46(2,3)40(51(7)45(58)59)42(55)49-36(28-33-21-23-35(24-22-33)37-20-14-15-25-48-37)30-39(54)38(29-32-16-10-8-11-17-32)50-43(56)41(47(4,5)6)53-27-26-52(44(53)57)31-34-18-12-9-13-19-34/h8-27,36,38-41,54H,28-31H2,1-7H3,(H,49,55)(H,50,56)(H,58,59)/t36-,38-,39-,40+,41+/m0/s1. The van der Waals surface area contributed by atoms with Crippen molar-refractivity contribution in [2.75, 3.05) is 7.05 Å². The first-order valence-corrected chi connectivity index (χ1v) is 20.0. The van der Waals surface area contributed by atoms with Gasteiger partial charge >= 0.3 is 11.8 Å². The molecule has 0 aliphatic rings. The molecule has 312 valence electrons. The average Bonchev–Trinajstić information content (AvgIpc) is 3.52. The largest absolute Gasteiger partial charge is 0.465 e. The van der Waals surface area contributed by atoms with Crippen LogP contribution in [0.5, 0.6) is 0 Å². The quantitative estimate of drug-likeness (QED) is 0.0878. The van der Waals surface area contributed by atoms with E-state index in [9.17, 15) is 29.4 Å². The van der Waals surface area contributed by atoms with Crippen LogP contribution >= 0.6 is 0 Å². The third-order valence-electron chi connectivity index (χ3n) is 10.5. The minimum absolute atomic E-state index is 0.0206. The fraction of sp³-hybridized carbons (Fsp3) is 0.383. The van der Waals surface area contributed by atoms with Crippen LogP contribution in [0.2, 0.25) is 0 Å². The van der Waals surface area contributed by atoms with Gasteiger partial charge in [0.2, 0.25) is 11.8 Å². The van der Waals surface area contributed by atoms with E-state index in [0.29, 0.717) is 13.0 Å². The Hall–Kier alpha value is -6.01. The van der Waals surface area contributed by atoms with E-state index in [0.717, 1.165) is 32.8 Å². The zero-order valence-electron chi connectivity index (χ0n) is 35.1. The topological polar surface area (TPSA) is 159 Å². The number of carbonyl (C=O) groups is 3. The van der Waals surface area contributed by atoms with E-state index < -0.39 is 59.0 Å². The van der Waals surface area contributed by atoms with E-state index in [2.05, 4.69) is 15.6 Å². The van der Waals surface area contributed by atoms with Crippen molar-refractivity contribution in [1.29, 1.82) is 0 Å². The van der Waals surface area contributed by atoms with Crippen LogP contribution in [0.4, 0.5) is 4.79 Å². The minimum Gasteiger partial charge on any atom is -0.465 e. The molecule has 12 heteroatoms. The maximum Gasteiger partial charge on any atom is 0.407 e. The maximum atomic E-state index is 14.5. The summed E-state index contributed by atoms with van der Waals surface area (Å²) in [6.07, 6.45) is 3.21. The summed E-state index contributed by atoms with van der Waals surface area (Å²) in [6.45, 7) is 11.4. The Bertz CT molecular complexity index is 2190. The van der Waals surface area contributed by atoms with Gasteiger partial charge < -0.3 is 20.8 Å². The van der Waals surface area contributed by atoms with Crippen molar-refractivity contribution in [3.63, 3.8) is 0 Å². The lowest BCUT2D eigenvalue weighted by Crippen LogP contribution is -2.57. The number of rotatable bonds is 16. The van der Waals surface area contributed by atoms with E-state index in [1.807, 2.05) is 124 Å². The highest BCUT2D eigenvalue weighted by Crippen LogP contribution is 2.31. The Labute approximate surface area is 346 Å². The fourth-order valence-corrected chi connectivity index (χ4v) is 7.69. The highest BCUT2D eigenvalue weighted by molar-refractivity contribution is 5.86. The van der Waals surface area contributed by atoms with Crippen LogP contribution in [0.1, 0.15) is 70.7 Å². The fourth-order valence-electron chi connectivity index (χ4n) is 7.69. The molecule has 59 heavy (non-hydrogen) atoms. The number of hydrogen-bond donors (Lipinski definition) is 4. The maximum absolute atomic E-state index is 14.5. The molecule has 5 rings (SSSR count). The molecular formula is C47H58N6O6. The van der Waals surface area contributed by atoms with Gasteiger partial charge in [0.15, 0.2) is 0 Å². The molecule has 12 nitrogen and oxygen atoms in total. The first-order valence-electron chi connectivity index (χ1n) is 20.0. The van der Waals surface area contributed by atoms with Crippen molar-refractivity contribution in [3.8, 4) is 11.3 Å². The molecule has 5 atom stereocenters. The van der Waals surface area contributed by atoms with Crippen molar-refractivity contribution in [2.45, 2.75) is 97.6 Å². The molecular weight excluding hydrogens is 745 g/mol. The molecule has 0 saturated carbocycles. The first-order chi connectivity index (χ1) is 27.9. The molecule has 0 spiro atoms. The molecule has 0 aliphatic carbocycles. The number of carbonyl (C=O) groups excluding carboxylic acids is 2. The van der Waals surface area contributed by atoms with Crippen LogP contribution in [-0.4, -0.2) is 78.4 Å². The lowest BCUT2D eigenvalue weighted by molar-refractivity contribution is -0.131. The number of aliphatic hydroxyl groups is 1. The number of hydrogen-bond acceptors (Lipinski definition) is 6. The van der Waals surface area contributed by atoms with Crippen LogP contribution in [0, 0.1) is 10.8 Å². The molecule has 0 radical (unpaired) electrons. The Kier molecular flexibility index (Phi) is 14.3. The van der Waals surface area contributed by atoms with E-state index in [1.54, 1.807) is 43.9 Å². The minimum atomic E-state index is -1.24. The molecule has 0 saturated heterocycles. The van der Waals surface area contributed by atoms with Crippen LogP contribution in [-0.2, 0) is 29.0 Å². The van der Waals surface area contributed by atoms with Gasteiger partial charge in [-0.25, -0.2) is 9.59 Å². The lowest BCUT2D eigenvalue weighted by atomic mass is 9.84. The summed E-state index contributed by atoms with van der Waals surface area (Å²) >= 11 is 0. The molecule has 3 aromatic carbocycles. The zero-order chi connectivity index (χ0) is 42.9. The van der Waals surface area contributed by atoms with Gasteiger partial charge in [-0.05, 0) is 58.9 Å². The number of carboxylic acid groups (broad SMARTS) is 1. The number of aromatic nitrogens is 3. The second-order valence-electron chi connectivity index (χ2n) is 17.5. The summed E-state index contributed by atoms with van der Waals surface area (Å²) in [5.41, 5.74) is 2.63. The van der Waals surface area contributed by atoms with Crippen molar-refractivity contribution in [3.05, 3.63) is 149 Å². The molecule has 0 fully saturated rings. The highest BCUT2D eigenvalue weighted by Gasteiger charge is 2.40. The van der Waals surface area contributed by atoms with Crippen LogP contribution in [0.15, 0.2) is 127 Å². The number of pyridine rings is 1. The van der Waals surface area contributed by atoms with Crippen molar-refractivity contribution in [1.82, 2.24) is 29.7 Å². The SMILES string of the molecule is CN(C(=O)O)[C@H](C(=O)N[C@@H](Cc1ccc(-c2ccccn2)cc1)C[C@H](O)[C@H](Cc1ccccc1)NC(=O)[C@@H](n1ccn(Cc2ccccc2)c1=O)C(C)(C)C)C(C)(C)C. The Morgan fingerprint density at radius 3 is 1.88 bits per heavy atom. The van der Waals surface area contributed by atoms with Gasteiger partial charge in [0.1, 0.15) is 12.1 Å². The van der Waals surface area contributed by atoms with Gasteiger partial charge in [0, 0.05) is 37.2 Å². The molecule has 4 N–H and O–H groups in total. The zero-order valence-corrected chi connectivity index (χ0v) is 35.1. The van der Waals surface area contributed by atoms with Gasteiger partial charge in [-0.3, -0.25) is 28.6 Å². The second kappa shape index (κ2) is 19.2. The normalized spacial score (nSPS) is 14.4. The van der Waals surface area contributed by atoms with Gasteiger partial charge in [0.05, 0.1) is 24.4 Å². The summed E-state index contributed by atoms with van der Waals surface area (Å²) in [7, 11) is 1.37. The summed E-state index contributed by atoms with van der Waals surface area (Å²) in [6, 6.07) is 29.1. The monoisotopic (exact) mass is 802 g/mol. The van der Waals surface area contributed by atoms with Gasteiger partial charge in [-0.2, -0.15) is 0 Å². The summed E-state index contributed by atoms with van der Waals surface area (Å²) < 4.78 is 3.02.